The molecule has 1 aromatic heterocycles. The van der Waals surface area contributed by atoms with Gasteiger partial charge in [-0.15, -0.1) is 23.7 Å². The van der Waals surface area contributed by atoms with Crippen LogP contribution in [0.1, 0.15) is 22.3 Å². The molecule has 0 aliphatic carbocycles. The highest BCUT2D eigenvalue weighted by Crippen LogP contribution is 2.39. The van der Waals surface area contributed by atoms with Gasteiger partial charge in [0.1, 0.15) is 10.8 Å². The van der Waals surface area contributed by atoms with Gasteiger partial charge in [-0.3, -0.25) is 5.32 Å². The van der Waals surface area contributed by atoms with Crippen LogP contribution < -0.4 is 10.1 Å². The summed E-state index contributed by atoms with van der Waals surface area (Å²) >= 11 is 1.27. The summed E-state index contributed by atoms with van der Waals surface area (Å²) in [6.45, 7) is 1.35. The van der Waals surface area contributed by atoms with Gasteiger partial charge < -0.3 is 24.4 Å². The molecule has 3 rings (SSSR count). The van der Waals surface area contributed by atoms with E-state index < -0.39 is 11.6 Å². The Labute approximate surface area is 198 Å². The van der Waals surface area contributed by atoms with Crippen molar-refractivity contribution in [3.63, 3.8) is 0 Å². The fourth-order valence-corrected chi connectivity index (χ4v) is 4.74. The van der Waals surface area contributed by atoms with Gasteiger partial charge in [-0.1, -0.05) is 12.1 Å². The minimum atomic E-state index is -1.09. The standard InChI is InChI=1S/C22H29N3O5S.ClH/c1-24(2)13-16-14-25(21(27)23-19-18(8-11-31-19)20(26)30-4)10-9-22(16,28)15-6-5-7-17(12-15)29-3;/h5-8,11-12,16,28H,9-10,13-14H2,1-4H3,(H,23,27);1H. The third-order valence-electron chi connectivity index (χ3n) is 5.61. The number of hydrogen-bond donors (Lipinski definition) is 2. The monoisotopic (exact) mass is 483 g/mol. The molecule has 0 radical (unpaired) electrons. The molecule has 2 aromatic rings. The summed E-state index contributed by atoms with van der Waals surface area (Å²) in [6.07, 6.45) is 0.389. The maximum absolute atomic E-state index is 13.0. The van der Waals surface area contributed by atoms with Crippen molar-refractivity contribution in [2.45, 2.75) is 12.0 Å². The van der Waals surface area contributed by atoms with Gasteiger partial charge in [0.05, 0.1) is 25.4 Å². The Balaban J connectivity index is 0.00000363. The Bertz CT molecular complexity index is 938. The van der Waals surface area contributed by atoms with Crippen molar-refractivity contribution in [3.8, 4) is 5.75 Å². The van der Waals surface area contributed by atoms with Crippen molar-refractivity contribution in [3.05, 3.63) is 46.8 Å². The minimum absolute atomic E-state index is 0. The van der Waals surface area contributed by atoms with Gasteiger partial charge in [0.15, 0.2) is 0 Å². The van der Waals surface area contributed by atoms with Crippen LogP contribution in [0.2, 0.25) is 0 Å². The SMILES string of the molecule is COC(=O)c1ccsc1NC(=O)N1CCC(O)(c2cccc(OC)c2)C(CN(C)C)C1.Cl. The Morgan fingerprint density at radius 3 is 2.72 bits per heavy atom. The third kappa shape index (κ3) is 5.53. The van der Waals surface area contributed by atoms with Crippen LogP contribution in [0.5, 0.6) is 5.75 Å². The second kappa shape index (κ2) is 11.0. The van der Waals surface area contributed by atoms with Crippen LogP contribution in [-0.4, -0.2) is 74.9 Å². The molecule has 1 fully saturated rings. The number of nitrogens with zero attached hydrogens (tertiary/aromatic N) is 2. The van der Waals surface area contributed by atoms with Gasteiger partial charge >= 0.3 is 12.0 Å². The molecule has 1 aliphatic heterocycles. The smallest absolute Gasteiger partial charge is 0.340 e. The quantitative estimate of drug-likeness (QED) is 0.613. The minimum Gasteiger partial charge on any atom is -0.497 e. The number of ether oxygens (including phenoxy) is 2. The summed E-state index contributed by atoms with van der Waals surface area (Å²) in [6, 6.07) is 8.78. The zero-order valence-electron chi connectivity index (χ0n) is 18.7. The van der Waals surface area contributed by atoms with E-state index in [-0.39, 0.29) is 24.4 Å². The van der Waals surface area contributed by atoms with Crippen LogP contribution in [0.3, 0.4) is 0 Å². The lowest BCUT2D eigenvalue weighted by molar-refractivity contribution is -0.0750. The molecule has 1 aliphatic rings. The predicted octanol–water partition coefficient (Wildman–Crippen LogP) is 3.27. The molecule has 32 heavy (non-hydrogen) atoms. The zero-order chi connectivity index (χ0) is 22.6. The van der Waals surface area contributed by atoms with Crippen LogP contribution in [-0.2, 0) is 10.3 Å². The topological polar surface area (TPSA) is 91.3 Å². The summed E-state index contributed by atoms with van der Waals surface area (Å²) in [4.78, 5) is 28.5. The number of halogens is 1. The van der Waals surface area contributed by atoms with Gasteiger partial charge in [0.25, 0.3) is 0 Å². The van der Waals surface area contributed by atoms with Crippen LogP contribution in [0.15, 0.2) is 35.7 Å². The summed E-state index contributed by atoms with van der Waals surface area (Å²) in [5.74, 6) is -0.0201. The maximum atomic E-state index is 13.0. The largest absolute Gasteiger partial charge is 0.497 e. The van der Waals surface area contributed by atoms with E-state index in [9.17, 15) is 14.7 Å². The molecule has 2 N–H and O–H groups in total. The first-order chi connectivity index (χ1) is 14.8. The van der Waals surface area contributed by atoms with Gasteiger partial charge in [0.2, 0.25) is 0 Å². The molecule has 2 unspecified atom stereocenters. The van der Waals surface area contributed by atoms with E-state index in [4.69, 9.17) is 9.47 Å². The van der Waals surface area contributed by atoms with Crippen molar-refractivity contribution in [2.75, 3.05) is 53.3 Å². The number of carbonyl (C=O) groups is 2. The van der Waals surface area contributed by atoms with E-state index >= 15 is 0 Å². The number of piperidine rings is 1. The van der Waals surface area contributed by atoms with Crippen molar-refractivity contribution in [1.29, 1.82) is 0 Å². The molecular weight excluding hydrogens is 454 g/mol. The number of aliphatic hydroxyl groups is 1. The lowest BCUT2D eigenvalue weighted by Crippen LogP contribution is -2.55. The zero-order valence-corrected chi connectivity index (χ0v) is 20.3. The van der Waals surface area contributed by atoms with Gasteiger partial charge in [0, 0.05) is 25.6 Å². The highest BCUT2D eigenvalue weighted by molar-refractivity contribution is 7.14. The molecule has 0 spiro atoms. The predicted molar refractivity (Wildman–Crippen MR) is 127 cm³/mol. The number of rotatable bonds is 6. The first-order valence-electron chi connectivity index (χ1n) is 10.0. The number of nitrogens with one attached hydrogen (secondary N) is 1. The highest BCUT2D eigenvalue weighted by Gasteiger charge is 2.44. The maximum Gasteiger partial charge on any atom is 0.340 e. The van der Waals surface area contributed by atoms with E-state index in [1.807, 2.05) is 43.3 Å². The molecule has 1 aromatic carbocycles. The summed E-state index contributed by atoms with van der Waals surface area (Å²) < 4.78 is 10.1. The van der Waals surface area contributed by atoms with E-state index in [1.54, 1.807) is 23.5 Å². The van der Waals surface area contributed by atoms with Crippen LogP contribution >= 0.6 is 23.7 Å². The van der Waals surface area contributed by atoms with E-state index in [1.165, 1.54) is 18.4 Å². The molecule has 2 amide bonds. The molecule has 176 valence electrons. The van der Waals surface area contributed by atoms with Crippen molar-refractivity contribution >= 4 is 40.7 Å². The number of anilines is 1. The number of thiophene rings is 1. The number of benzene rings is 1. The number of urea groups is 1. The fourth-order valence-electron chi connectivity index (χ4n) is 3.98. The lowest BCUT2D eigenvalue weighted by atomic mass is 9.75. The molecular formula is C22H30ClN3O5S. The molecule has 0 saturated carbocycles. The average molecular weight is 484 g/mol. The Morgan fingerprint density at radius 2 is 2.06 bits per heavy atom. The summed E-state index contributed by atoms with van der Waals surface area (Å²) in [5, 5.41) is 16.7. The number of carbonyl (C=O) groups excluding carboxylic acids is 2. The van der Waals surface area contributed by atoms with E-state index in [0.29, 0.717) is 42.4 Å². The summed E-state index contributed by atoms with van der Waals surface area (Å²) in [7, 11) is 6.79. The van der Waals surface area contributed by atoms with Crippen LogP contribution in [0.25, 0.3) is 0 Å². The lowest BCUT2D eigenvalue weighted by Gasteiger charge is -2.45. The first kappa shape index (κ1) is 25.9. The number of likely N-dealkylation sites (tertiary alicyclic amines) is 1. The number of esters is 1. The second-order valence-electron chi connectivity index (χ2n) is 7.90. The van der Waals surface area contributed by atoms with Crippen LogP contribution in [0.4, 0.5) is 9.80 Å². The Hall–Kier alpha value is -2.33. The van der Waals surface area contributed by atoms with Gasteiger partial charge in [-0.25, -0.2) is 9.59 Å². The first-order valence-corrected chi connectivity index (χ1v) is 10.9. The molecule has 2 heterocycles. The Morgan fingerprint density at radius 1 is 1.31 bits per heavy atom. The molecule has 1 saturated heterocycles. The van der Waals surface area contributed by atoms with Gasteiger partial charge in [-0.05, 0) is 49.7 Å². The second-order valence-corrected chi connectivity index (χ2v) is 8.81. The third-order valence-corrected chi connectivity index (χ3v) is 6.44. The number of hydrogen-bond acceptors (Lipinski definition) is 7. The summed E-state index contributed by atoms with van der Waals surface area (Å²) in [5.41, 5.74) is 0.0240. The Kier molecular flexibility index (Phi) is 8.91. The number of amides is 2. The van der Waals surface area contributed by atoms with E-state index in [0.717, 1.165) is 5.56 Å². The fraction of sp³-hybridized carbons (Fsp3) is 0.455. The van der Waals surface area contributed by atoms with Crippen molar-refractivity contribution in [1.82, 2.24) is 9.80 Å². The molecule has 2 atom stereocenters. The molecule has 0 bridgehead atoms. The van der Waals surface area contributed by atoms with Gasteiger partial charge in [-0.2, -0.15) is 0 Å². The normalized spacial score (nSPS) is 20.4. The average Bonchev–Trinajstić information content (AvgIpc) is 3.22. The van der Waals surface area contributed by atoms with Crippen molar-refractivity contribution < 1.29 is 24.2 Å². The van der Waals surface area contributed by atoms with E-state index in [2.05, 4.69) is 5.32 Å². The molecule has 10 heteroatoms. The highest BCUT2D eigenvalue weighted by atomic mass is 35.5. The molecule has 8 nitrogen and oxygen atoms in total. The van der Waals surface area contributed by atoms with Crippen molar-refractivity contribution in [2.24, 2.45) is 5.92 Å². The number of methoxy groups -OCH3 is 2. The van der Waals surface area contributed by atoms with Crippen LogP contribution in [0, 0.1) is 5.92 Å².